The van der Waals surface area contributed by atoms with Gasteiger partial charge < -0.3 is 20.9 Å². The number of likely N-dealkylation sites (tertiary alicyclic amines) is 1. The molecule has 196 valence electrons. The summed E-state index contributed by atoms with van der Waals surface area (Å²) in [6, 6.07) is 8.26. The standard InChI is InChI=1S/C25H30FN7O3S/c1-15-10-17(4-5-18(15)20-14-37-16(2)29-20)11-32-9-7-25(6-8-27,21(26)13-32)33-12-19(22(28)34)23(31-33)30-24(35)36-3/h4-5,10,12,14,21,24,35H,6-7,9,11,13H2,1-3H3,(H2,28,34)(H,30,31). The van der Waals surface area contributed by atoms with E-state index in [4.69, 9.17) is 10.5 Å². The van der Waals surface area contributed by atoms with Gasteiger partial charge in [0.15, 0.2) is 5.82 Å². The summed E-state index contributed by atoms with van der Waals surface area (Å²) < 4.78 is 22.0. The minimum absolute atomic E-state index is 0.0334. The van der Waals surface area contributed by atoms with Crippen molar-refractivity contribution in [1.82, 2.24) is 19.7 Å². The Bertz CT molecular complexity index is 1320. The van der Waals surface area contributed by atoms with E-state index in [1.54, 1.807) is 11.3 Å². The lowest BCUT2D eigenvalue weighted by Crippen LogP contribution is -2.54. The van der Waals surface area contributed by atoms with Gasteiger partial charge in [-0.15, -0.1) is 11.3 Å². The lowest BCUT2D eigenvalue weighted by atomic mass is 9.83. The molecule has 1 aromatic carbocycles. The molecule has 1 saturated heterocycles. The molecule has 37 heavy (non-hydrogen) atoms. The van der Waals surface area contributed by atoms with E-state index >= 15 is 4.39 Å². The number of nitrogens with zero attached hydrogens (tertiary/aromatic N) is 5. The number of carbonyl (C=O) groups is 1. The second kappa shape index (κ2) is 10.9. The number of alkyl halides is 1. The van der Waals surface area contributed by atoms with Crippen LogP contribution in [0.3, 0.4) is 0 Å². The molecule has 1 aliphatic heterocycles. The van der Waals surface area contributed by atoms with Crippen LogP contribution in [0.5, 0.6) is 0 Å². The van der Waals surface area contributed by atoms with E-state index in [2.05, 4.69) is 27.5 Å². The number of nitriles is 1. The van der Waals surface area contributed by atoms with Crippen molar-refractivity contribution in [3.8, 4) is 17.3 Å². The summed E-state index contributed by atoms with van der Waals surface area (Å²) in [5.41, 5.74) is 8.35. The second-order valence-electron chi connectivity index (χ2n) is 9.22. The second-order valence-corrected chi connectivity index (χ2v) is 10.3. The first-order valence-corrected chi connectivity index (χ1v) is 12.7. The van der Waals surface area contributed by atoms with Crippen LogP contribution >= 0.6 is 11.3 Å². The van der Waals surface area contributed by atoms with Gasteiger partial charge in [-0.3, -0.25) is 14.4 Å². The normalized spacial score (nSPS) is 20.9. The number of aromatic nitrogens is 3. The molecule has 2 aromatic heterocycles. The van der Waals surface area contributed by atoms with Crippen molar-refractivity contribution in [2.75, 3.05) is 25.5 Å². The molecule has 3 atom stereocenters. The van der Waals surface area contributed by atoms with Crippen LogP contribution in [0.15, 0.2) is 29.8 Å². The fraction of sp³-hybridized carbons (Fsp3) is 0.440. The number of rotatable bonds is 9. The number of nitrogens with one attached hydrogen (secondary N) is 1. The van der Waals surface area contributed by atoms with Gasteiger partial charge in [-0.05, 0) is 31.4 Å². The van der Waals surface area contributed by atoms with Crippen LogP contribution in [0.4, 0.5) is 10.2 Å². The molecule has 1 fully saturated rings. The van der Waals surface area contributed by atoms with Gasteiger partial charge in [-0.25, -0.2) is 9.37 Å². The van der Waals surface area contributed by atoms with E-state index in [0.717, 1.165) is 27.4 Å². The number of carbonyl (C=O) groups excluding carboxylic acids is 1. The number of primary amides is 1. The first kappa shape index (κ1) is 26.7. The van der Waals surface area contributed by atoms with Gasteiger partial charge in [0.25, 0.3) is 5.91 Å². The highest BCUT2D eigenvalue weighted by molar-refractivity contribution is 7.09. The summed E-state index contributed by atoms with van der Waals surface area (Å²) in [6.45, 7) is 5.18. The van der Waals surface area contributed by atoms with E-state index in [-0.39, 0.29) is 24.3 Å². The number of hydrogen-bond donors (Lipinski definition) is 3. The molecule has 0 saturated carbocycles. The Morgan fingerprint density at radius 1 is 1.49 bits per heavy atom. The molecule has 1 amide bonds. The summed E-state index contributed by atoms with van der Waals surface area (Å²) in [4.78, 5) is 18.5. The number of thiazole rings is 1. The maximum Gasteiger partial charge on any atom is 0.254 e. The summed E-state index contributed by atoms with van der Waals surface area (Å²) in [5.74, 6) is -0.844. The van der Waals surface area contributed by atoms with Gasteiger partial charge >= 0.3 is 0 Å². The Morgan fingerprint density at radius 3 is 2.86 bits per heavy atom. The third kappa shape index (κ3) is 5.50. The number of aryl methyl sites for hydroxylation is 2. The minimum atomic E-state index is -1.44. The third-order valence-electron chi connectivity index (χ3n) is 6.76. The SMILES string of the molecule is COC(O)Nc1nn(C2(CC#N)CCN(Cc3ccc(-c4csc(C)n4)c(C)c3)CC2F)cc1C(N)=O. The minimum Gasteiger partial charge on any atom is -0.365 e. The largest absolute Gasteiger partial charge is 0.365 e. The Labute approximate surface area is 218 Å². The van der Waals surface area contributed by atoms with Crippen LogP contribution in [0.1, 0.15) is 39.3 Å². The van der Waals surface area contributed by atoms with Crippen molar-refractivity contribution in [1.29, 1.82) is 5.26 Å². The van der Waals surface area contributed by atoms with Crippen molar-refractivity contribution in [2.45, 2.75) is 51.4 Å². The quantitative estimate of drug-likeness (QED) is 0.361. The van der Waals surface area contributed by atoms with Crippen molar-refractivity contribution >= 4 is 23.1 Å². The molecule has 4 rings (SSSR count). The van der Waals surface area contributed by atoms with Crippen molar-refractivity contribution in [3.63, 3.8) is 0 Å². The lowest BCUT2D eigenvalue weighted by Gasteiger charge is -2.43. The zero-order chi connectivity index (χ0) is 26.7. The molecule has 12 heteroatoms. The monoisotopic (exact) mass is 527 g/mol. The van der Waals surface area contributed by atoms with Gasteiger partial charge in [-0.1, -0.05) is 18.2 Å². The summed E-state index contributed by atoms with van der Waals surface area (Å²) >= 11 is 1.61. The molecule has 3 heterocycles. The molecular weight excluding hydrogens is 497 g/mol. The number of hydrogen-bond acceptors (Lipinski definition) is 9. The predicted octanol–water partition coefficient (Wildman–Crippen LogP) is 2.91. The molecule has 0 spiro atoms. The maximum atomic E-state index is 15.9. The molecule has 1 aliphatic rings. The van der Waals surface area contributed by atoms with Crippen molar-refractivity contribution < 1.29 is 19.0 Å². The molecular formula is C25H30FN7O3S. The molecule has 0 aliphatic carbocycles. The fourth-order valence-electron chi connectivity index (χ4n) is 4.74. The number of anilines is 1. The summed E-state index contributed by atoms with van der Waals surface area (Å²) in [7, 11) is 1.26. The van der Waals surface area contributed by atoms with E-state index in [9.17, 15) is 15.2 Å². The molecule has 0 radical (unpaired) electrons. The van der Waals surface area contributed by atoms with Crippen LogP contribution in [-0.4, -0.2) is 63.5 Å². The first-order valence-electron chi connectivity index (χ1n) is 11.8. The molecule has 0 bridgehead atoms. The number of methoxy groups -OCH3 is 1. The van der Waals surface area contributed by atoms with Gasteiger partial charge in [-0.2, -0.15) is 10.4 Å². The predicted molar refractivity (Wildman–Crippen MR) is 137 cm³/mol. The molecule has 3 aromatic rings. The zero-order valence-corrected chi connectivity index (χ0v) is 21.8. The van der Waals surface area contributed by atoms with Crippen LogP contribution < -0.4 is 11.1 Å². The van der Waals surface area contributed by atoms with Crippen molar-refractivity contribution in [2.24, 2.45) is 5.73 Å². The Morgan fingerprint density at radius 2 is 2.27 bits per heavy atom. The van der Waals surface area contributed by atoms with Crippen LogP contribution in [0.2, 0.25) is 0 Å². The number of nitrogens with two attached hydrogens (primary N) is 1. The Kier molecular flexibility index (Phi) is 7.89. The highest BCUT2D eigenvalue weighted by Gasteiger charge is 2.46. The van der Waals surface area contributed by atoms with Crippen LogP contribution in [0.25, 0.3) is 11.3 Å². The van der Waals surface area contributed by atoms with Crippen molar-refractivity contribution in [3.05, 3.63) is 51.5 Å². The Balaban J connectivity index is 1.53. The van der Waals surface area contributed by atoms with E-state index in [0.29, 0.717) is 19.5 Å². The first-order chi connectivity index (χ1) is 17.7. The van der Waals surface area contributed by atoms with Gasteiger partial charge in [0.05, 0.1) is 23.2 Å². The lowest BCUT2D eigenvalue weighted by molar-refractivity contribution is -0.0514. The summed E-state index contributed by atoms with van der Waals surface area (Å²) in [6.07, 6.45) is -1.40. The van der Waals surface area contributed by atoms with E-state index in [1.807, 2.05) is 36.3 Å². The highest BCUT2D eigenvalue weighted by Crippen LogP contribution is 2.37. The fourth-order valence-corrected chi connectivity index (χ4v) is 5.35. The Hall–Kier alpha value is -3.37. The maximum absolute atomic E-state index is 15.9. The number of aliphatic hydroxyl groups is 1. The average molecular weight is 528 g/mol. The van der Waals surface area contributed by atoms with Crippen LogP contribution in [0, 0.1) is 25.2 Å². The number of amides is 1. The highest BCUT2D eigenvalue weighted by atomic mass is 32.1. The van der Waals surface area contributed by atoms with Gasteiger partial charge in [0, 0.05) is 43.9 Å². The van der Waals surface area contributed by atoms with Gasteiger partial charge in [0.2, 0.25) is 6.41 Å². The van der Waals surface area contributed by atoms with Gasteiger partial charge in [0.1, 0.15) is 17.3 Å². The smallest absolute Gasteiger partial charge is 0.254 e. The van der Waals surface area contributed by atoms with E-state index in [1.165, 1.54) is 18.0 Å². The van der Waals surface area contributed by atoms with E-state index < -0.39 is 24.0 Å². The average Bonchev–Trinajstić information content (AvgIpc) is 3.47. The number of halogens is 1. The number of ether oxygens (including phenoxy) is 1. The molecule has 4 N–H and O–H groups in total. The topological polar surface area (TPSA) is 142 Å². The summed E-state index contributed by atoms with van der Waals surface area (Å²) in [5, 5.41) is 29.2. The molecule has 3 unspecified atom stereocenters. The molecule has 10 nitrogen and oxygen atoms in total. The number of piperidine rings is 1. The number of aliphatic hydroxyl groups excluding tert-OH is 1. The zero-order valence-electron chi connectivity index (χ0n) is 20.9. The van der Waals surface area contributed by atoms with Crippen LogP contribution in [-0.2, 0) is 16.8 Å². The third-order valence-corrected chi connectivity index (χ3v) is 7.53. The number of benzene rings is 1.